The fourth-order valence-electron chi connectivity index (χ4n) is 0.575. The first-order valence-corrected chi connectivity index (χ1v) is 5.55. The summed E-state index contributed by atoms with van der Waals surface area (Å²) in [6, 6.07) is 0. The fraction of sp³-hybridized carbons (Fsp3) is 1.00. The van der Waals surface area contributed by atoms with Crippen LogP contribution in [0.15, 0.2) is 0 Å². The second-order valence-electron chi connectivity index (χ2n) is 2.11. The first kappa shape index (κ1) is 12.4. The number of halogens is 5. The first-order valence-electron chi connectivity index (χ1n) is 3.17. The van der Waals surface area contributed by atoms with E-state index < -0.39 is 0 Å². The molecule has 0 amide bonds. The highest BCUT2D eigenvalue weighted by Gasteiger charge is 2.23. The van der Waals surface area contributed by atoms with Gasteiger partial charge in [-0.3, -0.25) is 0 Å². The molecule has 0 heterocycles. The number of alkyl halides is 5. The molecule has 0 aliphatic carbocycles. The Kier molecular flexibility index (Phi) is 7.82. The SMILES string of the molecule is ClCCC(Cl)C(Cl)C(Cl)CCl. The van der Waals surface area contributed by atoms with Crippen molar-refractivity contribution in [1.82, 2.24) is 0 Å². The van der Waals surface area contributed by atoms with Crippen LogP contribution in [0, 0.1) is 0 Å². The minimum absolute atomic E-state index is 0.199. The van der Waals surface area contributed by atoms with Crippen LogP contribution in [0.4, 0.5) is 0 Å². The van der Waals surface area contributed by atoms with Gasteiger partial charge in [0.15, 0.2) is 0 Å². The van der Waals surface area contributed by atoms with E-state index in [-0.39, 0.29) is 16.1 Å². The maximum absolute atomic E-state index is 5.85. The molecule has 0 saturated heterocycles. The average Bonchev–Trinajstić information content (AvgIpc) is 2.02. The molecule has 0 radical (unpaired) electrons. The van der Waals surface area contributed by atoms with E-state index in [0.29, 0.717) is 18.2 Å². The monoisotopic (exact) mass is 256 g/mol. The summed E-state index contributed by atoms with van der Waals surface area (Å²) in [7, 11) is 0. The van der Waals surface area contributed by atoms with Gasteiger partial charge in [0, 0.05) is 11.8 Å². The molecule has 68 valence electrons. The van der Waals surface area contributed by atoms with Crippen LogP contribution in [-0.4, -0.2) is 27.9 Å². The minimum Gasteiger partial charge on any atom is -0.127 e. The van der Waals surface area contributed by atoms with Gasteiger partial charge in [0.05, 0.1) is 16.1 Å². The van der Waals surface area contributed by atoms with Crippen molar-refractivity contribution in [3.05, 3.63) is 0 Å². The van der Waals surface area contributed by atoms with E-state index in [1.807, 2.05) is 0 Å². The average molecular weight is 258 g/mol. The van der Waals surface area contributed by atoms with Crippen LogP contribution >= 0.6 is 58.0 Å². The Balaban J connectivity index is 3.70. The van der Waals surface area contributed by atoms with E-state index in [2.05, 4.69) is 0 Å². The van der Waals surface area contributed by atoms with E-state index in [1.54, 1.807) is 0 Å². The lowest BCUT2D eigenvalue weighted by Crippen LogP contribution is -2.27. The lowest BCUT2D eigenvalue weighted by molar-refractivity contribution is 0.731. The molecule has 0 bridgehead atoms. The molecule has 0 N–H and O–H groups in total. The molecule has 3 atom stereocenters. The van der Waals surface area contributed by atoms with Crippen LogP contribution in [0.25, 0.3) is 0 Å². The molecule has 0 nitrogen and oxygen atoms in total. The molecule has 11 heavy (non-hydrogen) atoms. The maximum Gasteiger partial charge on any atom is 0.0675 e. The van der Waals surface area contributed by atoms with Gasteiger partial charge in [-0.25, -0.2) is 0 Å². The molecule has 5 heteroatoms. The van der Waals surface area contributed by atoms with E-state index >= 15 is 0 Å². The predicted molar refractivity (Wildman–Crippen MR) is 55.0 cm³/mol. The second kappa shape index (κ2) is 6.91. The quantitative estimate of drug-likeness (QED) is 0.660. The summed E-state index contributed by atoms with van der Waals surface area (Å²) in [5.74, 6) is 0.796. The Bertz CT molecular complexity index is 97.0. The molecule has 0 rings (SSSR count). The van der Waals surface area contributed by atoms with Crippen molar-refractivity contribution in [3.8, 4) is 0 Å². The Morgan fingerprint density at radius 2 is 1.45 bits per heavy atom. The highest BCUT2D eigenvalue weighted by Crippen LogP contribution is 2.22. The molecule has 0 fully saturated rings. The highest BCUT2D eigenvalue weighted by atomic mass is 35.5. The zero-order chi connectivity index (χ0) is 8.85. The lowest BCUT2D eigenvalue weighted by Gasteiger charge is -2.17. The van der Waals surface area contributed by atoms with Crippen molar-refractivity contribution < 1.29 is 0 Å². The summed E-state index contributed by atoms with van der Waals surface area (Å²) < 4.78 is 0. The van der Waals surface area contributed by atoms with Gasteiger partial charge in [-0.1, -0.05) is 0 Å². The number of rotatable bonds is 5. The van der Waals surface area contributed by atoms with Crippen LogP contribution in [0.2, 0.25) is 0 Å². The van der Waals surface area contributed by atoms with Crippen LogP contribution < -0.4 is 0 Å². The van der Waals surface area contributed by atoms with Crippen molar-refractivity contribution in [2.24, 2.45) is 0 Å². The molecule has 0 saturated carbocycles. The third kappa shape index (κ3) is 4.90. The molecular weight excluding hydrogens is 249 g/mol. The minimum atomic E-state index is -0.311. The summed E-state index contributed by atoms with van der Waals surface area (Å²) in [6.07, 6.45) is 0.650. The number of hydrogen-bond donors (Lipinski definition) is 0. The smallest absolute Gasteiger partial charge is 0.0675 e. The second-order valence-corrected chi connectivity index (χ2v) is 4.42. The summed E-state index contributed by atoms with van der Waals surface area (Å²) >= 11 is 28.4. The third-order valence-corrected chi connectivity index (χ3v) is 3.71. The standard InChI is InChI=1S/C6H9Cl5/c7-2-1-4(9)6(11)5(10)3-8/h4-6H,1-3H2. The van der Waals surface area contributed by atoms with Crippen LogP contribution in [0.3, 0.4) is 0 Å². The zero-order valence-corrected chi connectivity index (χ0v) is 9.52. The van der Waals surface area contributed by atoms with E-state index in [9.17, 15) is 0 Å². The fourth-order valence-corrected chi connectivity index (χ4v) is 1.95. The Labute approximate surface area is 92.1 Å². The van der Waals surface area contributed by atoms with Crippen molar-refractivity contribution in [3.63, 3.8) is 0 Å². The molecule has 0 aliphatic rings. The van der Waals surface area contributed by atoms with E-state index in [4.69, 9.17) is 58.0 Å². The van der Waals surface area contributed by atoms with Crippen molar-refractivity contribution in [1.29, 1.82) is 0 Å². The van der Waals surface area contributed by atoms with Crippen molar-refractivity contribution >= 4 is 58.0 Å². The third-order valence-electron chi connectivity index (χ3n) is 1.22. The van der Waals surface area contributed by atoms with Crippen molar-refractivity contribution in [2.75, 3.05) is 11.8 Å². The van der Waals surface area contributed by atoms with Crippen molar-refractivity contribution in [2.45, 2.75) is 22.6 Å². The molecule has 0 aromatic rings. The van der Waals surface area contributed by atoms with E-state index in [1.165, 1.54) is 0 Å². The van der Waals surface area contributed by atoms with Gasteiger partial charge < -0.3 is 0 Å². The summed E-state index contributed by atoms with van der Waals surface area (Å²) in [6.45, 7) is 0. The van der Waals surface area contributed by atoms with Crippen LogP contribution in [0.1, 0.15) is 6.42 Å². The largest absolute Gasteiger partial charge is 0.127 e. The van der Waals surface area contributed by atoms with Crippen LogP contribution in [0.5, 0.6) is 0 Å². The van der Waals surface area contributed by atoms with Gasteiger partial charge in [-0.15, -0.1) is 58.0 Å². The topological polar surface area (TPSA) is 0 Å². The maximum atomic E-state index is 5.85. The first-order chi connectivity index (χ1) is 5.13. The van der Waals surface area contributed by atoms with Gasteiger partial charge >= 0.3 is 0 Å². The van der Waals surface area contributed by atoms with Gasteiger partial charge in [-0.2, -0.15) is 0 Å². The van der Waals surface area contributed by atoms with Gasteiger partial charge in [-0.05, 0) is 6.42 Å². The van der Waals surface area contributed by atoms with Crippen LogP contribution in [-0.2, 0) is 0 Å². The molecule has 3 unspecified atom stereocenters. The number of hydrogen-bond acceptors (Lipinski definition) is 0. The van der Waals surface area contributed by atoms with Gasteiger partial charge in [0.1, 0.15) is 0 Å². The highest BCUT2D eigenvalue weighted by molar-refractivity contribution is 6.37. The van der Waals surface area contributed by atoms with E-state index in [0.717, 1.165) is 0 Å². The Morgan fingerprint density at radius 3 is 1.82 bits per heavy atom. The Morgan fingerprint density at radius 1 is 0.909 bits per heavy atom. The molecule has 0 spiro atoms. The predicted octanol–water partition coefficient (Wildman–Crippen LogP) is 3.68. The molecule has 0 aromatic heterocycles. The molecule has 0 aliphatic heterocycles. The molecular formula is C6H9Cl5. The zero-order valence-electron chi connectivity index (χ0n) is 5.74. The normalized spacial score (nSPS) is 19.4. The summed E-state index contributed by atoms with van der Waals surface area (Å²) in [5, 5.41) is -0.797. The van der Waals surface area contributed by atoms with Gasteiger partial charge in [0.2, 0.25) is 0 Å². The van der Waals surface area contributed by atoms with Gasteiger partial charge in [0.25, 0.3) is 0 Å². The summed E-state index contributed by atoms with van der Waals surface area (Å²) in [4.78, 5) is 0. The molecule has 0 aromatic carbocycles. The summed E-state index contributed by atoms with van der Waals surface area (Å²) in [5.41, 5.74) is 0. The lowest BCUT2D eigenvalue weighted by atomic mass is 10.2. The Hall–Kier alpha value is 1.45.